The van der Waals surface area contributed by atoms with Gasteiger partial charge in [-0.15, -0.1) is 0 Å². The minimum absolute atomic E-state index is 0.331. The molecule has 1 amide bonds. The lowest BCUT2D eigenvalue weighted by molar-refractivity contribution is -0.139. The highest BCUT2D eigenvalue weighted by Gasteiger charge is 2.47. The van der Waals surface area contributed by atoms with Crippen molar-refractivity contribution >= 4 is 5.91 Å². The minimum atomic E-state index is -3.12. The molecule has 4 heteroatoms. The second kappa shape index (κ2) is 2.18. The van der Waals surface area contributed by atoms with Gasteiger partial charge >= 0.3 is 5.92 Å². The molecule has 2 nitrogen and oxygen atoms in total. The van der Waals surface area contributed by atoms with Crippen molar-refractivity contribution in [2.75, 3.05) is 0 Å². The van der Waals surface area contributed by atoms with E-state index in [0.29, 0.717) is 6.42 Å². The molecule has 0 radical (unpaired) electrons. The first-order valence-electron chi connectivity index (χ1n) is 3.25. The summed E-state index contributed by atoms with van der Waals surface area (Å²) < 4.78 is 24.7. The van der Waals surface area contributed by atoms with Crippen LogP contribution in [0, 0.1) is 0 Å². The van der Waals surface area contributed by atoms with Gasteiger partial charge in [-0.25, -0.2) is 0 Å². The molecular weight excluding hydrogens is 140 g/mol. The van der Waals surface area contributed by atoms with Crippen LogP contribution < -0.4 is 5.32 Å². The number of rotatable bonds is 1. The van der Waals surface area contributed by atoms with E-state index in [2.05, 4.69) is 5.32 Å². The molecule has 0 aromatic heterocycles. The van der Waals surface area contributed by atoms with Gasteiger partial charge in [0.15, 0.2) is 0 Å². The van der Waals surface area contributed by atoms with E-state index in [9.17, 15) is 13.6 Å². The minimum Gasteiger partial charge on any atom is -0.348 e. The molecule has 0 bridgehead atoms. The predicted octanol–water partition coefficient (Wildman–Crippen LogP) is 0.920. The van der Waals surface area contributed by atoms with Gasteiger partial charge in [0.2, 0.25) is 0 Å². The van der Waals surface area contributed by atoms with Crippen molar-refractivity contribution in [2.24, 2.45) is 0 Å². The predicted molar refractivity (Wildman–Crippen MR) is 31.8 cm³/mol. The monoisotopic (exact) mass is 149 g/mol. The van der Waals surface area contributed by atoms with Crippen LogP contribution in [-0.4, -0.2) is 17.9 Å². The summed E-state index contributed by atoms with van der Waals surface area (Å²) in [6.07, 6.45) is 0.226. The highest BCUT2D eigenvalue weighted by Crippen LogP contribution is 2.27. The molecule has 0 aromatic carbocycles. The summed E-state index contributed by atoms with van der Waals surface area (Å²) >= 11 is 0. The Morgan fingerprint density at radius 1 is 1.80 bits per heavy atom. The Kier molecular flexibility index (Phi) is 1.62. The lowest BCUT2D eigenvalue weighted by Crippen LogP contribution is -2.30. The van der Waals surface area contributed by atoms with Crippen molar-refractivity contribution in [3.05, 3.63) is 0 Å². The Bertz CT molecular complexity index is 158. The molecule has 0 saturated carbocycles. The Labute approximate surface area is 57.6 Å². The van der Waals surface area contributed by atoms with Crippen LogP contribution in [-0.2, 0) is 4.79 Å². The van der Waals surface area contributed by atoms with Crippen LogP contribution in [0.3, 0.4) is 0 Å². The van der Waals surface area contributed by atoms with Crippen molar-refractivity contribution in [1.82, 2.24) is 5.32 Å². The zero-order chi connectivity index (χ0) is 7.78. The Balaban J connectivity index is 2.62. The number of alkyl halides is 2. The van der Waals surface area contributed by atoms with Crippen molar-refractivity contribution in [3.8, 4) is 0 Å². The van der Waals surface area contributed by atoms with E-state index in [1.54, 1.807) is 6.92 Å². The van der Waals surface area contributed by atoms with E-state index in [1.165, 1.54) is 0 Å². The summed E-state index contributed by atoms with van der Waals surface area (Å²) in [7, 11) is 0. The molecule has 0 aromatic rings. The second-order valence-electron chi connectivity index (χ2n) is 2.49. The molecule has 1 N–H and O–H groups in total. The summed E-state index contributed by atoms with van der Waals surface area (Å²) in [6, 6.07) is -0.331. The van der Waals surface area contributed by atoms with Gasteiger partial charge in [-0.3, -0.25) is 4.79 Å². The molecular formula is C6H9F2NO. The number of amides is 1. The standard InChI is InChI=1S/C6H9F2NO/c1-2-4-3-6(7,8)5(10)9-4/h4H,2-3H2,1H3,(H,9,10)/t4-/m1/s1. The SMILES string of the molecule is CC[C@@H]1CC(F)(F)C(=O)N1. The third-order valence-electron chi connectivity index (χ3n) is 1.66. The third-order valence-corrected chi connectivity index (χ3v) is 1.66. The van der Waals surface area contributed by atoms with Crippen molar-refractivity contribution in [2.45, 2.75) is 31.7 Å². The van der Waals surface area contributed by atoms with Gasteiger partial charge in [-0.1, -0.05) is 6.92 Å². The topological polar surface area (TPSA) is 29.1 Å². The maximum Gasteiger partial charge on any atom is 0.326 e. The molecule has 58 valence electrons. The van der Waals surface area contributed by atoms with E-state index in [0.717, 1.165) is 0 Å². The van der Waals surface area contributed by atoms with E-state index in [4.69, 9.17) is 0 Å². The molecule has 0 aliphatic carbocycles. The van der Waals surface area contributed by atoms with Gasteiger partial charge < -0.3 is 5.32 Å². The number of hydrogen-bond donors (Lipinski definition) is 1. The van der Waals surface area contributed by atoms with E-state index < -0.39 is 11.8 Å². The maximum atomic E-state index is 12.4. The number of carbonyl (C=O) groups is 1. The van der Waals surface area contributed by atoms with Crippen LogP contribution >= 0.6 is 0 Å². The number of hydrogen-bond acceptors (Lipinski definition) is 1. The van der Waals surface area contributed by atoms with Crippen LogP contribution in [0.25, 0.3) is 0 Å². The molecule has 1 fully saturated rings. The molecule has 1 aliphatic rings. The first kappa shape index (κ1) is 7.44. The normalized spacial score (nSPS) is 30.3. The fourth-order valence-corrected chi connectivity index (χ4v) is 0.991. The first-order chi connectivity index (χ1) is 4.56. The molecule has 1 saturated heterocycles. The average Bonchev–Trinajstić information content (AvgIpc) is 2.08. The lowest BCUT2D eigenvalue weighted by Gasteiger charge is -2.02. The molecule has 0 unspecified atom stereocenters. The molecule has 10 heavy (non-hydrogen) atoms. The van der Waals surface area contributed by atoms with Gasteiger partial charge in [0, 0.05) is 12.5 Å². The van der Waals surface area contributed by atoms with Gasteiger partial charge in [-0.05, 0) is 6.42 Å². The van der Waals surface area contributed by atoms with Crippen LogP contribution in [0.5, 0.6) is 0 Å². The van der Waals surface area contributed by atoms with Crippen molar-refractivity contribution < 1.29 is 13.6 Å². The maximum absolute atomic E-state index is 12.4. The largest absolute Gasteiger partial charge is 0.348 e. The summed E-state index contributed by atoms with van der Waals surface area (Å²) in [5.41, 5.74) is 0. The van der Waals surface area contributed by atoms with Gasteiger partial charge in [0.25, 0.3) is 5.91 Å². The number of nitrogens with one attached hydrogen (secondary N) is 1. The highest BCUT2D eigenvalue weighted by molar-refractivity contribution is 5.85. The van der Waals surface area contributed by atoms with Crippen LogP contribution in [0.1, 0.15) is 19.8 Å². The van der Waals surface area contributed by atoms with Crippen molar-refractivity contribution in [1.29, 1.82) is 0 Å². The fourth-order valence-electron chi connectivity index (χ4n) is 0.991. The molecule has 1 rings (SSSR count). The summed E-state index contributed by atoms with van der Waals surface area (Å²) in [4.78, 5) is 10.4. The van der Waals surface area contributed by atoms with E-state index >= 15 is 0 Å². The van der Waals surface area contributed by atoms with Gasteiger partial charge in [0.1, 0.15) is 0 Å². The Hall–Kier alpha value is -0.670. The average molecular weight is 149 g/mol. The van der Waals surface area contributed by atoms with Crippen LogP contribution in [0.4, 0.5) is 8.78 Å². The number of carbonyl (C=O) groups excluding carboxylic acids is 1. The Morgan fingerprint density at radius 2 is 2.40 bits per heavy atom. The molecule has 1 heterocycles. The van der Waals surface area contributed by atoms with Crippen LogP contribution in [0.2, 0.25) is 0 Å². The molecule has 0 spiro atoms. The summed E-state index contributed by atoms with van der Waals surface area (Å²) in [6.45, 7) is 1.77. The first-order valence-corrected chi connectivity index (χ1v) is 3.25. The zero-order valence-corrected chi connectivity index (χ0v) is 5.66. The third kappa shape index (κ3) is 1.10. The fraction of sp³-hybridized carbons (Fsp3) is 0.833. The van der Waals surface area contributed by atoms with Crippen LogP contribution in [0.15, 0.2) is 0 Å². The highest BCUT2D eigenvalue weighted by atomic mass is 19.3. The van der Waals surface area contributed by atoms with E-state index in [1.807, 2.05) is 0 Å². The van der Waals surface area contributed by atoms with Crippen molar-refractivity contribution in [3.63, 3.8) is 0 Å². The summed E-state index contributed by atoms with van der Waals surface area (Å²) in [5, 5.41) is 2.20. The van der Waals surface area contributed by atoms with E-state index in [-0.39, 0.29) is 12.5 Å². The quantitative estimate of drug-likeness (QED) is 0.590. The van der Waals surface area contributed by atoms with Gasteiger partial charge in [-0.2, -0.15) is 8.78 Å². The molecule has 1 aliphatic heterocycles. The Morgan fingerprint density at radius 3 is 2.60 bits per heavy atom. The zero-order valence-electron chi connectivity index (χ0n) is 5.66. The van der Waals surface area contributed by atoms with Gasteiger partial charge in [0.05, 0.1) is 0 Å². The second-order valence-corrected chi connectivity index (χ2v) is 2.49. The smallest absolute Gasteiger partial charge is 0.326 e. The molecule has 1 atom stereocenters. The lowest BCUT2D eigenvalue weighted by atomic mass is 10.1. The number of halogens is 2. The summed E-state index contributed by atoms with van der Waals surface area (Å²) in [5.74, 6) is -4.25.